The van der Waals surface area contributed by atoms with Gasteiger partial charge in [0.1, 0.15) is 0 Å². The number of fused-ring (bicyclic) bond motifs is 1. The molecule has 0 saturated heterocycles. The zero-order valence-electron chi connectivity index (χ0n) is 16.1. The van der Waals surface area contributed by atoms with Gasteiger partial charge in [-0.2, -0.15) is 5.10 Å². The largest absolute Gasteiger partial charge is 0.305 e. The molecule has 142 valence electrons. The van der Waals surface area contributed by atoms with E-state index in [4.69, 9.17) is 0 Å². The molecule has 2 aromatic carbocycles. The van der Waals surface area contributed by atoms with E-state index in [9.17, 15) is 4.79 Å². The van der Waals surface area contributed by atoms with Crippen molar-refractivity contribution in [1.29, 1.82) is 0 Å². The molecule has 0 unspecified atom stereocenters. The number of amides is 1. The molecule has 0 aliphatic rings. The van der Waals surface area contributed by atoms with Gasteiger partial charge in [0.25, 0.3) is 0 Å². The van der Waals surface area contributed by atoms with Crippen molar-refractivity contribution < 1.29 is 4.79 Å². The number of carbonyl (C=O) groups excluding carboxylic acids is 1. The Morgan fingerprint density at radius 3 is 2.68 bits per heavy atom. The van der Waals surface area contributed by atoms with Gasteiger partial charge in [0.2, 0.25) is 11.9 Å². The highest BCUT2D eigenvalue weighted by molar-refractivity contribution is 5.91. The van der Waals surface area contributed by atoms with E-state index < -0.39 is 0 Å². The Bertz CT molecular complexity index is 1120. The second-order valence-corrected chi connectivity index (χ2v) is 7.01. The summed E-state index contributed by atoms with van der Waals surface area (Å²) < 4.78 is 3.81. The number of para-hydroxylation sites is 2. The molecule has 0 atom stereocenters. The zero-order valence-corrected chi connectivity index (χ0v) is 16.1. The number of aromatic nitrogens is 4. The van der Waals surface area contributed by atoms with E-state index in [2.05, 4.69) is 39.0 Å². The van der Waals surface area contributed by atoms with Gasteiger partial charge in [0.15, 0.2) is 0 Å². The molecule has 6 nitrogen and oxygen atoms in total. The standard InChI is InChI=1S/C22H23N5O/c1-16-7-3-4-8-18(16)15-27-20-10-6-5-9-19(20)24-22(27)25-21(28)12-11-17-13-23-26(2)14-17/h3-10,13-14H,11-12,15H2,1-2H3,(H,24,25,28). The van der Waals surface area contributed by atoms with Crippen LogP contribution in [0.15, 0.2) is 60.9 Å². The highest BCUT2D eigenvalue weighted by Gasteiger charge is 2.14. The van der Waals surface area contributed by atoms with Gasteiger partial charge in [-0.25, -0.2) is 4.98 Å². The first-order valence-electron chi connectivity index (χ1n) is 9.37. The Morgan fingerprint density at radius 1 is 1.11 bits per heavy atom. The van der Waals surface area contributed by atoms with Crippen LogP contribution < -0.4 is 5.32 Å². The fraction of sp³-hybridized carbons (Fsp3) is 0.227. The third-order valence-electron chi connectivity index (χ3n) is 4.89. The lowest BCUT2D eigenvalue weighted by Gasteiger charge is -2.12. The number of aryl methyl sites for hydroxylation is 3. The van der Waals surface area contributed by atoms with Crippen LogP contribution >= 0.6 is 0 Å². The number of carbonyl (C=O) groups is 1. The average molecular weight is 373 g/mol. The van der Waals surface area contributed by atoms with Gasteiger partial charge >= 0.3 is 0 Å². The van der Waals surface area contributed by atoms with Crippen LogP contribution in [0.1, 0.15) is 23.1 Å². The molecule has 0 aliphatic carbocycles. The maximum atomic E-state index is 12.5. The molecule has 0 radical (unpaired) electrons. The molecule has 0 spiro atoms. The van der Waals surface area contributed by atoms with Gasteiger partial charge in [-0.05, 0) is 42.2 Å². The summed E-state index contributed by atoms with van der Waals surface area (Å²) in [6.45, 7) is 2.76. The molecule has 0 fully saturated rings. The molecule has 28 heavy (non-hydrogen) atoms. The third kappa shape index (κ3) is 3.81. The van der Waals surface area contributed by atoms with Crippen molar-refractivity contribution in [2.75, 3.05) is 5.32 Å². The first-order valence-corrected chi connectivity index (χ1v) is 9.37. The third-order valence-corrected chi connectivity index (χ3v) is 4.89. The second-order valence-electron chi connectivity index (χ2n) is 7.01. The van der Waals surface area contributed by atoms with E-state index in [1.165, 1.54) is 11.1 Å². The Hall–Kier alpha value is -3.41. The Morgan fingerprint density at radius 2 is 1.89 bits per heavy atom. The fourth-order valence-electron chi connectivity index (χ4n) is 3.33. The molecule has 1 amide bonds. The lowest BCUT2D eigenvalue weighted by atomic mass is 10.1. The predicted molar refractivity (Wildman–Crippen MR) is 110 cm³/mol. The number of nitrogens with one attached hydrogen (secondary N) is 1. The molecule has 0 bridgehead atoms. The van der Waals surface area contributed by atoms with E-state index in [0.29, 0.717) is 25.3 Å². The van der Waals surface area contributed by atoms with Crippen molar-refractivity contribution in [2.45, 2.75) is 26.3 Å². The van der Waals surface area contributed by atoms with Crippen molar-refractivity contribution >= 4 is 22.9 Å². The van der Waals surface area contributed by atoms with Crippen molar-refractivity contribution in [3.63, 3.8) is 0 Å². The zero-order chi connectivity index (χ0) is 19.5. The molecule has 4 rings (SSSR count). The van der Waals surface area contributed by atoms with E-state index in [1.807, 2.05) is 49.6 Å². The lowest BCUT2D eigenvalue weighted by molar-refractivity contribution is -0.116. The van der Waals surface area contributed by atoms with Crippen LogP contribution in [-0.4, -0.2) is 25.2 Å². The highest BCUT2D eigenvalue weighted by atomic mass is 16.1. The molecule has 1 N–H and O–H groups in total. The fourth-order valence-corrected chi connectivity index (χ4v) is 3.33. The number of benzene rings is 2. The van der Waals surface area contributed by atoms with Crippen molar-refractivity contribution in [1.82, 2.24) is 19.3 Å². The molecule has 6 heteroatoms. The van der Waals surface area contributed by atoms with Crippen molar-refractivity contribution in [3.05, 3.63) is 77.6 Å². The average Bonchev–Trinajstić information content (AvgIpc) is 3.25. The van der Waals surface area contributed by atoms with Crippen LogP contribution in [0, 0.1) is 6.92 Å². The number of imidazole rings is 1. The van der Waals surface area contributed by atoms with Crippen LogP contribution in [0.4, 0.5) is 5.95 Å². The maximum Gasteiger partial charge on any atom is 0.227 e. The van der Waals surface area contributed by atoms with Crippen molar-refractivity contribution in [2.24, 2.45) is 7.05 Å². The Labute approximate surface area is 163 Å². The van der Waals surface area contributed by atoms with Crippen molar-refractivity contribution in [3.8, 4) is 0 Å². The van der Waals surface area contributed by atoms with Gasteiger partial charge in [-0.3, -0.25) is 14.8 Å². The minimum absolute atomic E-state index is 0.0507. The summed E-state index contributed by atoms with van der Waals surface area (Å²) in [6.07, 6.45) is 4.76. The van der Waals surface area contributed by atoms with Crippen LogP contribution in [0.25, 0.3) is 11.0 Å². The van der Waals surface area contributed by atoms with Gasteiger partial charge in [0, 0.05) is 19.7 Å². The van der Waals surface area contributed by atoms with E-state index in [0.717, 1.165) is 16.6 Å². The number of hydrogen-bond donors (Lipinski definition) is 1. The van der Waals surface area contributed by atoms with Gasteiger partial charge in [-0.15, -0.1) is 0 Å². The summed E-state index contributed by atoms with van der Waals surface area (Å²) in [7, 11) is 1.87. The molecular weight excluding hydrogens is 350 g/mol. The summed E-state index contributed by atoms with van der Waals surface area (Å²) in [5.41, 5.74) is 5.35. The molecule has 2 aromatic heterocycles. The van der Waals surface area contributed by atoms with Gasteiger partial charge < -0.3 is 4.57 Å². The molecule has 0 aliphatic heterocycles. The summed E-state index contributed by atoms with van der Waals surface area (Å²) >= 11 is 0. The van der Waals surface area contributed by atoms with Crippen LogP contribution in [0.2, 0.25) is 0 Å². The Kier molecular flexibility index (Phi) is 4.93. The summed E-state index contributed by atoms with van der Waals surface area (Å²) in [4.78, 5) is 17.2. The molecule has 0 saturated carbocycles. The monoisotopic (exact) mass is 373 g/mol. The lowest BCUT2D eigenvalue weighted by Crippen LogP contribution is -2.17. The van der Waals surface area contributed by atoms with E-state index in [-0.39, 0.29) is 5.91 Å². The minimum Gasteiger partial charge on any atom is -0.305 e. The molecule has 2 heterocycles. The normalized spacial score (nSPS) is 11.1. The van der Waals surface area contributed by atoms with E-state index >= 15 is 0 Å². The van der Waals surface area contributed by atoms with Gasteiger partial charge in [0.05, 0.1) is 23.8 Å². The van der Waals surface area contributed by atoms with Crippen LogP contribution in [0.3, 0.4) is 0 Å². The molecule has 4 aromatic rings. The van der Waals surface area contributed by atoms with E-state index in [1.54, 1.807) is 10.9 Å². The first-order chi connectivity index (χ1) is 13.6. The Balaban J connectivity index is 1.57. The minimum atomic E-state index is -0.0507. The summed E-state index contributed by atoms with van der Waals surface area (Å²) in [6, 6.07) is 16.2. The topological polar surface area (TPSA) is 64.7 Å². The first kappa shape index (κ1) is 18.0. The number of nitrogens with zero attached hydrogens (tertiary/aromatic N) is 4. The van der Waals surface area contributed by atoms with Crippen LogP contribution in [-0.2, 0) is 24.8 Å². The molecular formula is C22H23N5O. The highest BCUT2D eigenvalue weighted by Crippen LogP contribution is 2.22. The second kappa shape index (κ2) is 7.68. The summed E-state index contributed by atoms with van der Waals surface area (Å²) in [5.74, 6) is 0.533. The number of anilines is 1. The smallest absolute Gasteiger partial charge is 0.227 e. The summed E-state index contributed by atoms with van der Waals surface area (Å²) in [5, 5.41) is 7.15. The quantitative estimate of drug-likeness (QED) is 0.560. The number of hydrogen-bond acceptors (Lipinski definition) is 3. The predicted octanol–water partition coefficient (Wildman–Crippen LogP) is 3.70. The van der Waals surface area contributed by atoms with Gasteiger partial charge in [-0.1, -0.05) is 36.4 Å². The number of rotatable bonds is 6. The van der Waals surface area contributed by atoms with Crippen LogP contribution in [0.5, 0.6) is 0 Å². The SMILES string of the molecule is Cc1ccccc1Cn1c(NC(=O)CCc2cnn(C)c2)nc2ccccc21. The maximum absolute atomic E-state index is 12.5.